The second kappa shape index (κ2) is 8.09. The van der Waals surface area contributed by atoms with Crippen LogP contribution in [0.1, 0.15) is 30.4 Å². The van der Waals surface area contributed by atoms with Crippen LogP contribution in [-0.2, 0) is 10.0 Å². The highest BCUT2D eigenvalue weighted by Gasteiger charge is 2.55. The first-order chi connectivity index (χ1) is 14.0. The molecular formula is C20H23F3N2O4S. The molecule has 0 heterocycles. The fraction of sp³-hybridized carbons (Fsp3) is 0.400. The molecule has 164 valence electrons. The number of aliphatic hydroxyl groups excluding tert-OH is 2. The Labute approximate surface area is 172 Å². The Morgan fingerprint density at radius 1 is 1.10 bits per heavy atom. The highest BCUT2D eigenvalue weighted by molar-refractivity contribution is 7.94. The average molecular weight is 444 g/mol. The number of halogens is 3. The van der Waals surface area contributed by atoms with E-state index in [0.717, 1.165) is 6.07 Å². The first-order valence-corrected chi connectivity index (χ1v) is 10.8. The molecule has 0 bridgehead atoms. The Kier molecular flexibility index (Phi) is 6.03. The van der Waals surface area contributed by atoms with Crippen LogP contribution in [0, 0.1) is 31.3 Å². The summed E-state index contributed by atoms with van der Waals surface area (Å²) in [5.74, 6) is -3.30. The molecular weight excluding hydrogens is 421 g/mol. The molecule has 0 aliphatic heterocycles. The molecule has 30 heavy (non-hydrogen) atoms. The minimum Gasteiger partial charge on any atom is -0.394 e. The van der Waals surface area contributed by atoms with Gasteiger partial charge in [-0.1, -0.05) is 6.07 Å². The van der Waals surface area contributed by atoms with Gasteiger partial charge in [0, 0.05) is 0 Å². The van der Waals surface area contributed by atoms with Crippen molar-refractivity contribution in [2.24, 2.45) is 0 Å². The number of rotatable bonds is 8. The number of hydrogen-bond acceptors (Lipinski definition) is 5. The predicted octanol–water partition coefficient (Wildman–Crippen LogP) is 3.48. The molecule has 0 spiro atoms. The number of anilines is 3. The van der Waals surface area contributed by atoms with E-state index < -0.39 is 50.6 Å². The van der Waals surface area contributed by atoms with Crippen LogP contribution in [0.4, 0.5) is 30.2 Å². The van der Waals surface area contributed by atoms with Crippen molar-refractivity contribution < 1.29 is 31.8 Å². The summed E-state index contributed by atoms with van der Waals surface area (Å²) in [6.07, 6.45) is -0.930. The monoisotopic (exact) mass is 444 g/mol. The maximum absolute atomic E-state index is 14.6. The first kappa shape index (κ1) is 22.4. The number of hydrogen-bond donors (Lipinski definition) is 4. The minimum atomic E-state index is -4.13. The number of aliphatic hydroxyl groups is 2. The van der Waals surface area contributed by atoms with Gasteiger partial charge in [0.2, 0.25) is 10.0 Å². The smallest absolute Gasteiger partial charge is 0.238 e. The third-order valence-corrected chi connectivity index (χ3v) is 7.42. The van der Waals surface area contributed by atoms with Crippen LogP contribution in [-0.4, -0.2) is 36.1 Å². The molecule has 0 saturated heterocycles. The van der Waals surface area contributed by atoms with Crippen LogP contribution >= 0.6 is 0 Å². The van der Waals surface area contributed by atoms with Gasteiger partial charge in [0.05, 0.1) is 28.8 Å². The molecule has 2 aromatic carbocycles. The van der Waals surface area contributed by atoms with Crippen LogP contribution in [0.2, 0.25) is 0 Å². The fourth-order valence-corrected chi connectivity index (χ4v) is 5.12. The standard InChI is InChI=1S/C20H23F3N2O4S/c1-11-3-4-16(14(21)7-11)24-19-17(23)15(22)8-12(2)18(19)25-30(28,29)20(5-6-20)9-13(27)10-26/h3-4,7-8,13,24-27H,5-6,9-10H2,1-2H3. The summed E-state index contributed by atoms with van der Waals surface area (Å²) in [6.45, 7) is 2.45. The zero-order valence-corrected chi connectivity index (χ0v) is 17.3. The third kappa shape index (κ3) is 4.26. The summed E-state index contributed by atoms with van der Waals surface area (Å²) < 4.78 is 69.8. The maximum Gasteiger partial charge on any atom is 0.238 e. The van der Waals surface area contributed by atoms with Crippen molar-refractivity contribution in [1.82, 2.24) is 0 Å². The largest absolute Gasteiger partial charge is 0.394 e. The second-order valence-electron chi connectivity index (χ2n) is 7.68. The first-order valence-electron chi connectivity index (χ1n) is 9.33. The molecule has 1 aliphatic carbocycles. The molecule has 1 fully saturated rings. The van der Waals surface area contributed by atoms with E-state index in [1.165, 1.54) is 19.1 Å². The van der Waals surface area contributed by atoms with E-state index in [9.17, 15) is 26.7 Å². The molecule has 2 aromatic rings. The maximum atomic E-state index is 14.6. The second-order valence-corrected chi connectivity index (χ2v) is 9.75. The summed E-state index contributed by atoms with van der Waals surface area (Å²) >= 11 is 0. The molecule has 10 heteroatoms. The van der Waals surface area contributed by atoms with E-state index in [4.69, 9.17) is 5.11 Å². The SMILES string of the molecule is Cc1ccc(Nc2c(F)c(F)cc(C)c2NS(=O)(=O)C2(CC(O)CO)CC2)c(F)c1. The van der Waals surface area contributed by atoms with Gasteiger partial charge in [-0.15, -0.1) is 0 Å². The summed E-state index contributed by atoms with van der Waals surface area (Å²) in [5.41, 5.74) is -0.239. The quantitative estimate of drug-likeness (QED) is 0.500. The third-order valence-electron chi connectivity index (χ3n) is 5.23. The van der Waals surface area contributed by atoms with Crippen LogP contribution < -0.4 is 10.0 Å². The zero-order chi connectivity index (χ0) is 22.3. The lowest BCUT2D eigenvalue weighted by Crippen LogP contribution is -2.34. The highest BCUT2D eigenvalue weighted by atomic mass is 32.2. The summed E-state index contributed by atoms with van der Waals surface area (Å²) in [6, 6.07) is 4.94. The van der Waals surface area contributed by atoms with E-state index in [-0.39, 0.29) is 36.2 Å². The zero-order valence-electron chi connectivity index (χ0n) is 16.5. The fourth-order valence-electron chi connectivity index (χ4n) is 3.32. The number of aryl methyl sites for hydroxylation is 2. The molecule has 6 nitrogen and oxygen atoms in total. The molecule has 0 aromatic heterocycles. The van der Waals surface area contributed by atoms with Crippen molar-refractivity contribution in [3.63, 3.8) is 0 Å². The summed E-state index contributed by atoms with van der Waals surface area (Å²) in [4.78, 5) is 0. The number of nitrogens with one attached hydrogen (secondary N) is 2. The molecule has 1 aliphatic rings. The van der Waals surface area contributed by atoms with Crippen LogP contribution in [0.15, 0.2) is 24.3 Å². The molecule has 0 radical (unpaired) electrons. The Balaban J connectivity index is 2.02. The topological polar surface area (TPSA) is 98.7 Å². The van der Waals surface area contributed by atoms with Crippen LogP contribution in [0.25, 0.3) is 0 Å². The van der Waals surface area contributed by atoms with Gasteiger partial charge in [0.25, 0.3) is 0 Å². The minimum absolute atomic E-state index is 0.0889. The number of benzene rings is 2. The summed E-state index contributed by atoms with van der Waals surface area (Å²) in [7, 11) is -4.13. The highest BCUT2D eigenvalue weighted by Crippen LogP contribution is 2.49. The lowest BCUT2D eigenvalue weighted by molar-refractivity contribution is 0.0858. The van der Waals surface area contributed by atoms with Gasteiger partial charge < -0.3 is 15.5 Å². The van der Waals surface area contributed by atoms with Gasteiger partial charge in [-0.05, 0) is 62.4 Å². The normalized spacial score (nSPS) is 16.2. The molecule has 1 atom stereocenters. The molecule has 1 saturated carbocycles. The van der Waals surface area contributed by atoms with Crippen molar-refractivity contribution in [2.45, 2.75) is 44.0 Å². The van der Waals surface area contributed by atoms with Crippen molar-refractivity contribution >= 4 is 27.1 Å². The van der Waals surface area contributed by atoms with Crippen LogP contribution in [0.5, 0.6) is 0 Å². The Morgan fingerprint density at radius 2 is 1.77 bits per heavy atom. The Morgan fingerprint density at radius 3 is 2.33 bits per heavy atom. The van der Waals surface area contributed by atoms with Gasteiger partial charge in [0.1, 0.15) is 11.5 Å². The Bertz CT molecular complexity index is 1070. The molecule has 4 N–H and O–H groups in total. The van der Waals surface area contributed by atoms with E-state index in [0.29, 0.717) is 5.56 Å². The molecule has 3 rings (SSSR count). The molecule has 1 unspecified atom stereocenters. The van der Waals surface area contributed by atoms with Crippen molar-refractivity contribution in [1.29, 1.82) is 0 Å². The molecule has 0 amide bonds. The Hall–Kier alpha value is -2.30. The van der Waals surface area contributed by atoms with Crippen molar-refractivity contribution in [3.05, 3.63) is 52.8 Å². The van der Waals surface area contributed by atoms with Gasteiger partial charge >= 0.3 is 0 Å². The van der Waals surface area contributed by atoms with Gasteiger partial charge in [-0.25, -0.2) is 21.6 Å². The number of sulfonamides is 1. The van der Waals surface area contributed by atoms with E-state index >= 15 is 0 Å². The van der Waals surface area contributed by atoms with Crippen molar-refractivity contribution in [2.75, 3.05) is 16.6 Å². The average Bonchev–Trinajstić information content (AvgIpc) is 3.45. The predicted molar refractivity (Wildman–Crippen MR) is 108 cm³/mol. The van der Waals surface area contributed by atoms with Gasteiger partial charge in [-0.3, -0.25) is 4.72 Å². The summed E-state index contributed by atoms with van der Waals surface area (Å²) in [5, 5.41) is 21.2. The van der Waals surface area contributed by atoms with E-state index in [1.807, 2.05) is 0 Å². The van der Waals surface area contributed by atoms with Crippen molar-refractivity contribution in [3.8, 4) is 0 Å². The lowest BCUT2D eigenvalue weighted by Gasteiger charge is -2.23. The van der Waals surface area contributed by atoms with Gasteiger partial charge in [-0.2, -0.15) is 0 Å². The van der Waals surface area contributed by atoms with E-state index in [1.54, 1.807) is 13.0 Å². The lowest BCUT2D eigenvalue weighted by atomic mass is 10.1. The van der Waals surface area contributed by atoms with Gasteiger partial charge in [0.15, 0.2) is 11.6 Å². The van der Waals surface area contributed by atoms with E-state index in [2.05, 4.69) is 10.0 Å². The van der Waals surface area contributed by atoms with Crippen LogP contribution in [0.3, 0.4) is 0 Å².